The molecule has 0 aliphatic heterocycles. The first-order valence-electron chi connectivity index (χ1n) is 7.54. The zero-order valence-electron chi connectivity index (χ0n) is 13.7. The minimum Gasteiger partial charge on any atom is -0.451 e. The van der Waals surface area contributed by atoms with E-state index in [0.717, 1.165) is 0 Å². The van der Waals surface area contributed by atoms with Crippen molar-refractivity contribution in [2.45, 2.75) is 11.8 Å². The average molecular weight is 374 g/mol. The Hall–Kier alpha value is -2.97. The van der Waals surface area contributed by atoms with Gasteiger partial charge in [-0.25, -0.2) is 17.9 Å². The molecule has 2 aromatic carbocycles. The summed E-state index contributed by atoms with van der Waals surface area (Å²) in [4.78, 5) is 12.2. The van der Waals surface area contributed by atoms with E-state index in [9.17, 15) is 17.6 Å². The summed E-state index contributed by atoms with van der Waals surface area (Å²) in [5.74, 6) is -0.489. The number of rotatable bonds is 4. The molecule has 0 fully saturated rings. The van der Waals surface area contributed by atoms with Gasteiger partial charge in [0, 0.05) is 11.3 Å². The van der Waals surface area contributed by atoms with Crippen molar-refractivity contribution in [1.29, 1.82) is 0 Å². The molecular formula is C18H15FN2O4S. The number of nitrogens with one attached hydrogen (secondary N) is 1. The van der Waals surface area contributed by atoms with Crippen molar-refractivity contribution in [3.05, 3.63) is 71.7 Å². The summed E-state index contributed by atoms with van der Waals surface area (Å²) in [6, 6.07) is 13.1. The van der Waals surface area contributed by atoms with Gasteiger partial charge in [0.2, 0.25) is 10.0 Å². The first kappa shape index (κ1) is 17.8. The van der Waals surface area contributed by atoms with Crippen LogP contribution in [0, 0.1) is 12.7 Å². The summed E-state index contributed by atoms with van der Waals surface area (Å²) in [7, 11) is -3.90. The predicted molar refractivity (Wildman–Crippen MR) is 94.6 cm³/mol. The van der Waals surface area contributed by atoms with Gasteiger partial charge in [-0.3, -0.25) is 4.79 Å². The topological polar surface area (TPSA) is 102 Å². The molecule has 0 atom stereocenters. The number of furan rings is 1. The van der Waals surface area contributed by atoms with E-state index >= 15 is 0 Å². The van der Waals surface area contributed by atoms with Gasteiger partial charge in [0.05, 0.1) is 4.90 Å². The molecule has 6 nitrogen and oxygen atoms in total. The first-order chi connectivity index (χ1) is 12.2. The number of hydrogen-bond acceptors (Lipinski definition) is 4. The number of carbonyl (C=O) groups is 1. The molecule has 1 aromatic heterocycles. The fraction of sp³-hybridized carbons (Fsp3) is 0.0556. The Bertz CT molecular complexity index is 1070. The van der Waals surface area contributed by atoms with Crippen molar-refractivity contribution in [1.82, 2.24) is 0 Å². The lowest BCUT2D eigenvalue weighted by molar-refractivity contribution is 0.0997. The molecule has 1 amide bonds. The second-order valence-corrected chi connectivity index (χ2v) is 7.18. The maximum absolute atomic E-state index is 13.0. The zero-order valence-corrected chi connectivity index (χ0v) is 14.5. The number of carbonyl (C=O) groups excluding carboxylic acids is 1. The standard InChI is InChI=1S/C18H15FN2O4S/c1-11-2-7-14(10-17(11)26(20,23)24)21-18(22)16-9-8-15(25-16)12-3-5-13(19)6-4-12/h2-10H,1H3,(H,21,22)(H2,20,23,24). The van der Waals surface area contributed by atoms with Crippen LogP contribution in [-0.4, -0.2) is 14.3 Å². The van der Waals surface area contributed by atoms with Crippen LogP contribution >= 0.6 is 0 Å². The van der Waals surface area contributed by atoms with Crippen LogP contribution in [0.25, 0.3) is 11.3 Å². The Morgan fingerprint density at radius 3 is 2.42 bits per heavy atom. The normalized spacial score (nSPS) is 11.3. The van der Waals surface area contributed by atoms with Crippen molar-refractivity contribution < 1.29 is 22.0 Å². The van der Waals surface area contributed by atoms with Gasteiger partial charge in [0.25, 0.3) is 5.91 Å². The lowest BCUT2D eigenvalue weighted by Gasteiger charge is -2.08. The van der Waals surface area contributed by atoms with Gasteiger partial charge in [0.15, 0.2) is 5.76 Å². The summed E-state index contributed by atoms with van der Waals surface area (Å²) in [5, 5.41) is 7.72. The minimum absolute atomic E-state index is 0.0297. The number of sulfonamides is 1. The number of hydrogen-bond donors (Lipinski definition) is 2. The summed E-state index contributed by atoms with van der Waals surface area (Å²) in [6.45, 7) is 1.60. The van der Waals surface area contributed by atoms with Crippen LogP contribution in [0.3, 0.4) is 0 Å². The molecule has 0 unspecified atom stereocenters. The molecule has 0 aliphatic carbocycles. The molecule has 0 saturated carbocycles. The number of aryl methyl sites for hydroxylation is 1. The third-order valence-electron chi connectivity index (χ3n) is 3.71. The van der Waals surface area contributed by atoms with E-state index in [-0.39, 0.29) is 22.2 Å². The smallest absolute Gasteiger partial charge is 0.291 e. The maximum atomic E-state index is 13.0. The molecule has 0 bridgehead atoms. The van der Waals surface area contributed by atoms with Crippen LogP contribution in [0.4, 0.5) is 10.1 Å². The van der Waals surface area contributed by atoms with Crippen LogP contribution < -0.4 is 10.5 Å². The maximum Gasteiger partial charge on any atom is 0.291 e. The summed E-state index contributed by atoms with van der Waals surface area (Å²) < 4.78 is 41.6. The molecule has 0 aliphatic rings. The highest BCUT2D eigenvalue weighted by Crippen LogP contribution is 2.24. The molecule has 0 saturated heterocycles. The Morgan fingerprint density at radius 1 is 1.08 bits per heavy atom. The van der Waals surface area contributed by atoms with Crippen LogP contribution in [0.15, 0.2) is 63.9 Å². The molecule has 26 heavy (non-hydrogen) atoms. The van der Waals surface area contributed by atoms with Gasteiger partial charge in [-0.1, -0.05) is 6.07 Å². The fourth-order valence-corrected chi connectivity index (χ4v) is 3.21. The second kappa shape index (κ2) is 6.74. The molecule has 3 rings (SSSR count). The van der Waals surface area contributed by atoms with Crippen molar-refractivity contribution in [2.24, 2.45) is 5.14 Å². The number of primary sulfonamides is 1. The number of halogens is 1. The van der Waals surface area contributed by atoms with E-state index < -0.39 is 15.9 Å². The van der Waals surface area contributed by atoms with Crippen LogP contribution in [0.5, 0.6) is 0 Å². The predicted octanol–water partition coefficient (Wildman–Crippen LogP) is 3.29. The SMILES string of the molecule is Cc1ccc(NC(=O)c2ccc(-c3ccc(F)cc3)o2)cc1S(N)(=O)=O. The number of anilines is 1. The highest BCUT2D eigenvalue weighted by molar-refractivity contribution is 7.89. The monoisotopic (exact) mass is 374 g/mol. The van der Waals surface area contributed by atoms with Crippen LogP contribution in [0.2, 0.25) is 0 Å². The molecule has 3 N–H and O–H groups in total. The van der Waals surface area contributed by atoms with Gasteiger partial charge in [-0.05, 0) is 61.0 Å². The molecule has 134 valence electrons. The molecular weight excluding hydrogens is 359 g/mol. The third-order valence-corrected chi connectivity index (χ3v) is 4.76. The van der Waals surface area contributed by atoms with Gasteiger partial charge < -0.3 is 9.73 Å². The Labute approximate surface area is 149 Å². The molecule has 1 heterocycles. The second-order valence-electron chi connectivity index (χ2n) is 5.65. The van der Waals surface area contributed by atoms with Gasteiger partial charge in [-0.2, -0.15) is 0 Å². The van der Waals surface area contributed by atoms with Crippen molar-refractivity contribution in [3.8, 4) is 11.3 Å². The third kappa shape index (κ3) is 3.81. The van der Waals surface area contributed by atoms with E-state index in [1.54, 1.807) is 25.1 Å². The molecule has 0 radical (unpaired) electrons. The lowest BCUT2D eigenvalue weighted by Crippen LogP contribution is -2.15. The van der Waals surface area contributed by atoms with E-state index in [0.29, 0.717) is 16.9 Å². The van der Waals surface area contributed by atoms with Gasteiger partial charge in [0.1, 0.15) is 11.6 Å². The Kier molecular flexibility index (Phi) is 4.62. The quantitative estimate of drug-likeness (QED) is 0.731. The summed E-state index contributed by atoms with van der Waals surface area (Å²) in [6.07, 6.45) is 0. The largest absolute Gasteiger partial charge is 0.451 e. The highest BCUT2D eigenvalue weighted by Gasteiger charge is 2.16. The average Bonchev–Trinajstić information content (AvgIpc) is 3.06. The van der Waals surface area contributed by atoms with E-state index in [2.05, 4.69) is 5.32 Å². The van der Waals surface area contributed by atoms with E-state index in [1.807, 2.05) is 0 Å². The number of benzene rings is 2. The van der Waals surface area contributed by atoms with Crippen LogP contribution in [0.1, 0.15) is 16.1 Å². The first-order valence-corrected chi connectivity index (χ1v) is 9.09. The Morgan fingerprint density at radius 2 is 1.77 bits per heavy atom. The minimum atomic E-state index is -3.90. The molecule has 8 heteroatoms. The molecule has 0 spiro atoms. The van der Waals surface area contributed by atoms with E-state index in [4.69, 9.17) is 9.56 Å². The van der Waals surface area contributed by atoms with Crippen molar-refractivity contribution in [2.75, 3.05) is 5.32 Å². The molecule has 3 aromatic rings. The summed E-state index contributed by atoms with van der Waals surface area (Å²) >= 11 is 0. The van der Waals surface area contributed by atoms with E-state index in [1.165, 1.54) is 36.4 Å². The van der Waals surface area contributed by atoms with Gasteiger partial charge in [-0.15, -0.1) is 0 Å². The number of amides is 1. The summed E-state index contributed by atoms with van der Waals surface area (Å²) in [5.41, 5.74) is 1.36. The van der Waals surface area contributed by atoms with Gasteiger partial charge >= 0.3 is 0 Å². The van der Waals surface area contributed by atoms with Crippen LogP contribution in [-0.2, 0) is 10.0 Å². The van der Waals surface area contributed by atoms with Crippen molar-refractivity contribution in [3.63, 3.8) is 0 Å². The zero-order chi connectivity index (χ0) is 18.9. The fourth-order valence-electron chi connectivity index (χ4n) is 2.41. The lowest BCUT2D eigenvalue weighted by atomic mass is 10.2. The highest BCUT2D eigenvalue weighted by atomic mass is 32.2. The Balaban J connectivity index is 1.82. The van der Waals surface area contributed by atoms with Crippen molar-refractivity contribution >= 4 is 21.6 Å². The number of nitrogens with two attached hydrogens (primary N) is 1.